The van der Waals surface area contributed by atoms with Gasteiger partial charge in [0.2, 0.25) is 0 Å². The number of aryl methyl sites for hydroxylation is 1. The van der Waals surface area contributed by atoms with Crippen molar-refractivity contribution in [3.8, 4) is 0 Å². The molecule has 0 bridgehead atoms. The maximum Gasteiger partial charge on any atom is 0.257 e. The molecule has 25 heavy (non-hydrogen) atoms. The highest BCUT2D eigenvalue weighted by Gasteiger charge is 2.33. The van der Waals surface area contributed by atoms with Crippen LogP contribution in [-0.2, 0) is 4.74 Å². The van der Waals surface area contributed by atoms with Crippen LogP contribution in [0.15, 0.2) is 30.9 Å². The highest BCUT2D eigenvalue weighted by molar-refractivity contribution is 6.00. The Kier molecular flexibility index (Phi) is 3.96. The summed E-state index contributed by atoms with van der Waals surface area (Å²) < 4.78 is 7.55. The van der Waals surface area contributed by atoms with Crippen molar-refractivity contribution in [2.75, 3.05) is 20.2 Å². The molecule has 8 heteroatoms. The standard InChI is InChI=1S/C17H20N6O2/c1-11-3-5-23-14(7-11)13(8-20-23)17(24)22(2)9-15-12(4-6-25-15)16-18-10-19-21-16/h3,5,7-8,10,12,15H,4,6,9H2,1-2H3,(H,18,19,21)/t12-,15-/m1/s1. The molecule has 1 aliphatic rings. The SMILES string of the molecule is Cc1ccn2ncc(C(=O)N(C)C[C@H]3OCC[C@H]3c3ncn[nH]3)c2c1. The molecule has 0 saturated carbocycles. The smallest absolute Gasteiger partial charge is 0.257 e. The van der Waals surface area contributed by atoms with E-state index in [4.69, 9.17) is 4.74 Å². The quantitative estimate of drug-likeness (QED) is 0.776. The molecule has 3 aromatic heterocycles. The Morgan fingerprint density at radius 1 is 1.52 bits per heavy atom. The number of nitrogens with zero attached hydrogens (tertiary/aromatic N) is 5. The number of nitrogens with one attached hydrogen (secondary N) is 1. The highest BCUT2D eigenvalue weighted by Crippen LogP contribution is 2.29. The number of amides is 1. The fourth-order valence-corrected chi connectivity index (χ4v) is 3.34. The van der Waals surface area contributed by atoms with Gasteiger partial charge in [-0.1, -0.05) is 0 Å². The zero-order valence-electron chi connectivity index (χ0n) is 14.2. The van der Waals surface area contributed by atoms with Crippen LogP contribution in [0.3, 0.4) is 0 Å². The molecule has 0 unspecified atom stereocenters. The van der Waals surface area contributed by atoms with E-state index in [1.165, 1.54) is 6.33 Å². The number of likely N-dealkylation sites (N-methyl/N-ethyl adjacent to an activating group) is 1. The molecule has 1 N–H and O–H groups in total. The van der Waals surface area contributed by atoms with Crippen LogP contribution < -0.4 is 0 Å². The summed E-state index contributed by atoms with van der Waals surface area (Å²) >= 11 is 0. The molecular formula is C17H20N6O2. The van der Waals surface area contributed by atoms with Gasteiger partial charge in [-0.05, 0) is 31.0 Å². The van der Waals surface area contributed by atoms with E-state index in [-0.39, 0.29) is 17.9 Å². The molecule has 1 aliphatic heterocycles. The maximum absolute atomic E-state index is 12.9. The first kappa shape index (κ1) is 15.8. The number of ether oxygens (including phenoxy) is 1. The van der Waals surface area contributed by atoms with E-state index in [2.05, 4.69) is 20.3 Å². The number of H-pyrrole nitrogens is 1. The van der Waals surface area contributed by atoms with E-state index in [0.717, 1.165) is 23.3 Å². The molecule has 4 heterocycles. The van der Waals surface area contributed by atoms with Gasteiger partial charge in [-0.25, -0.2) is 9.50 Å². The van der Waals surface area contributed by atoms with Crippen LogP contribution in [-0.4, -0.2) is 61.9 Å². The lowest BCUT2D eigenvalue weighted by Gasteiger charge is -2.23. The Balaban J connectivity index is 1.53. The average molecular weight is 340 g/mol. The van der Waals surface area contributed by atoms with Crippen LogP contribution in [0, 0.1) is 6.92 Å². The van der Waals surface area contributed by atoms with Crippen molar-refractivity contribution in [2.45, 2.75) is 25.4 Å². The lowest BCUT2D eigenvalue weighted by Crippen LogP contribution is -2.36. The maximum atomic E-state index is 12.9. The number of aromatic nitrogens is 5. The zero-order valence-corrected chi connectivity index (χ0v) is 14.2. The van der Waals surface area contributed by atoms with Gasteiger partial charge in [-0.2, -0.15) is 10.2 Å². The van der Waals surface area contributed by atoms with Gasteiger partial charge in [0.15, 0.2) is 0 Å². The van der Waals surface area contributed by atoms with E-state index < -0.39 is 0 Å². The fourth-order valence-electron chi connectivity index (χ4n) is 3.34. The van der Waals surface area contributed by atoms with E-state index in [1.54, 1.807) is 22.7 Å². The summed E-state index contributed by atoms with van der Waals surface area (Å²) in [6.07, 6.45) is 5.77. The predicted octanol–water partition coefficient (Wildman–Crippen LogP) is 1.41. The lowest BCUT2D eigenvalue weighted by atomic mass is 10.0. The van der Waals surface area contributed by atoms with Crippen LogP contribution in [0.1, 0.15) is 34.1 Å². The normalized spacial score (nSPS) is 20.2. The lowest BCUT2D eigenvalue weighted by molar-refractivity contribution is 0.0551. The molecule has 3 aromatic rings. The molecule has 1 amide bonds. The molecule has 1 fully saturated rings. The van der Waals surface area contributed by atoms with Crippen LogP contribution in [0.5, 0.6) is 0 Å². The summed E-state index contributed by atoms with van der Waals surface area (Å²) in [5, 5.41) is 11.1. The number of aromatic amines is 1. The Bertz CT molecular complexity index is 888. The molecule has 0 spiro atoms. The molecule has 2 atom stereocenters. The minimum absolute atomic E-state index is 0.0626. The third kappa shape index (κ3) is 2.89. The van der Waals surface area contributed by atoms with Crippen LogP contribution in [0.4, 0.5) is 0 Å². The van der Waals surface area contributed by atoms with Gasteiger partial charge in [0.25, 0.3) is 5.91 Å². The molecule has 0 aromatic carbocycles. The molecule has 1 saturated heterocycles. The van der Waals surface area contributed by atoms with E-state index in [1.807, 2.05) is 25.3 Å². The second kappa shape index (κ2) is 6.29. The van der Waals surface area contributed by atoms with Crippen LogP contribution >= 0.6 is 0 Å². The summed E-state index contributed by atoms with van der Waals surface area (Å²) in [5.41, 5.74) is 2.51. The van der Waals surface area contributed by atoms with Crippen molar-refractivity contribution in [3.05, 3.63) is 47.8 Å². The molecule has 0 radical (unpaired) electrons. The first-order chi connectivity index (χ1) is 12.1. The average Bonchev–Trinajstić information content (AvgIpc) is 3.33. The van der Waals surface area contributed by atoms with Crippen LogP contribution in [0.25, 0.3) is 5.52 Å². The van der Waals surface area contributed by atoms with Gasteiger partial charge in [0, 0.05) is 32.3 Å². The van der Waals surface area contributed by atoms with Crippen molar-refractivity contribution >= 4 is 11.4 Å². The third-order valence-corrected chi connectivity index (χ3v) is 4.70. The van der Waals surface area contributed by atoms with Gasteiger partial charge in [0.1, 0.15) is 12.2 Å². The zero-order chi connectivity index (χ0) is 17.4. The number of carbonyl (C=O) groups is 1. The number of rotatable bonds is 4. The predicted molar refractivity (Wildman–Crippen MR) is 90.4 cm³/mol. The van der Waals surface area contributed by atoms with Crippen molar-refractivity contribution in [1.82, 2.24) is 29.7 Å². The van der Waals surface area contributed by atoms with Crippen molar-refractivity contribution < 1.29 is 9.53 Å². The van der Waals surface area contributed by atoms with E-state index in [9.17, 15) is 4.79 Å². The van der Waals surface area contributed by atoms with Gasteiger partial charge in [0.05, 0.1) is 23.4 Å². The summed E-state index contributed by atoms with van der Waals surface area (Å²) in [5.74, 6) is 0.881. The number of hydrogen-bond acceptors (Lipinski definition) is 5. The largest absolute Gasteiger partial charge is 0.376 e. The summed E-state index contributed by atoms with van der Waals surface area (Å²) in [6.45, 7) is 3.15. The molecule has 0 aliphatic carbocycles. The van der Waals surface area contributed by atoms with Gasteiger partial charge >= 0.3 is 0 Å². The number of fused-ring (bicyclic) bond motifs is 1. The van der Waals surface area contributed by atoms with Gasteiger partial charge in [-0.15, -0.1) is 0 Å². The van der Waals surface area contributed by atoms with E-state index >= 15 is 0 Å². The topological polar surface area (TPSA) is 88.4 Å². The Morgan fingerprint density at radius 3 is 3.20 bits per heavy atom. The van der Waals surface area contributed by atoms with Gasteiger partial charge in [-0.3, -0.25) is 9.89 Å². The minimum Gasteiger partial charge on any atom is -0.376 e. The fraction of sp³-hybridized carbons (Fsp3) is 0.412. The van der Waals surface area contributed by atoms with Crippen LogP contribution in [0.2, 0.25) is 0 Å². The summed E-state index contributed by atoms with van der Waals surface area (Å²) in [4.78, 5) is 18.8. The Morgan fingerprint density at radius 2 is 2.40 bits per heavy atom. The molecule has 130 valence electrons. The van der Waals surface area contributed by atoms with Gasteiger partial charge < -0.3 is 9.64 Å². The second-order valence-corrected chi connectivity index (χ2v) is 6.45. The van der Waals surface area contributed by atoms with Crippen molar-refractivity contribution in [1.29, 1.82) is 0 Å². The minimum atomic E-state index is -0.0922. The molecular weight excluding hydrogens is 320 g/mol. The molecule has 8 nitrogen and oxygen atoms in total. The Labute approximate surface area is 144 Å². The monoisotopic (exact) mass is 340 g/mol. The number of hydrogen-bond donors (Lipinski definition) is 1. The van der Waals surface area contributed by atoms with E-state index in [0.29, 0.717) is 18.7 Å². The van der Waals surface area contributed by atoms with Crippen molar-refractivity contribution in [3.63, 3.8) is 0 Å². The number of carbonyl (C=O) groups excluding carboxylic acids is 1. The highest BCUT2D eigenvalue weighted by atomic mass is 16.5. The number of pyridine rings is 1. The first-order valence-electron chi connectivity index (χ1n) is 8.30. The van der Waals surface area contributed by atoms with Crippen molar-refractivity contribution in [2.24, 2.45) is 0 Å². The molecule has 4 rings (SSSR count). The second-order valence-electron chi connectivity index (χ2n) is 6.45. The summed E-state index contributed by atoms with van der Waals surface area (Å²) in [6, 6.07) is 3.93. The summed E-state index contributed by atoms with van der Waals surface area (Å²) in [7, 11) is 1.79. The third-order valence-electron chi connectivity index (χ3n) is 4.70. The Hall–Kier alpha value is -2.74. The first-order valence-corrected chi connectivity index (χ1v) is 8.30.